The van der Waals surface area contributed by atoms with Crippen molar-refractivity contribution in [3.8, 4) is 11.3 Å². The first-order chi connectivity index (χ1) is 13.8. The molecule has 29 heavy (non-hydrogen) atoms. The molecule has 0 aliphatic carbocycles. The molecule has 0 aliphatic rings. The molecule has 5 nitrogen and oxygen atoms in total. The molecule has 3 rings (SSSR count). The number of aryl methyl sites for hydroxylation is 2. The predicted octanol–water partition coefficient (Wildman–Crippen LogP) is 6.10. The monoisotopic (exact) mass is 458 g/mol. The van der Waals surface area contributed by atoms with Crippen LogP contribution >= 0.6 is 15.9 Å². The van der Waals surface area contributed by atoms with Crippen LogP contribution in [0.5, 0.6) is 0 Å². The number of anilines is 1. The van der Waals surface area contributed by atoms with E-state index in [0.29, 0.717) is 12.5 Å². The SMILES string of the molecule is CCc1cc2c(nc1-c1cc(Br)c(C(C)C)nc1NC)c(C)cn2C(C)COC. The summed E-state index contributed by atoms with van der Waals surface area (Å²) in [5, 5.41) is 3.28. The molecule has 0 fully saturated rings. The van der Waals surface area contributed by atoms with Crippen molar-refractivity contribution in [2.75, 3.05) is 26.1 Å². The highest BCUT2D eigenvalue weighted by Gasteiger charge is 2.20. The van der Waals surface area contributed by atoms with Gasteiger partial charge in [-0.2, -0.15) is 0 Å². The Labute approximate surface area is 182 Å². The lowest BCUT2D eigenvalue weighted by Gasteiger charge is -2.18. The maximum absolute atomic E-state index is 5.38. The number of hydrogen-bond donors (Lipinski definition) is 1. The minimum Gasteiger partial charge on any atom is -0.383 e. The van der Waals surface area contributed by atoms with Crippen LogP contribution in [0.2, 0.25) is 0 Å². The molecule has 1 unspecified atom stereocenters. The van der Waals surface area contributed by atoms with E-state index in [4.69, 9.17) is 14.7 Å². The fourth-order valence-corrected chi connectivity index (χ4v) is 4.61. The van der Waals surface area contributed by atoms with E-state index in [0.717, 1.165) is 44.7 Å². The Hall–Kier alpha value is -1.92. The van der Waals surface area contributed by atoms with Gasteiger partial charge >= 0.3 is 0 Å². The van der Waals surface area contributed by atoms with E-state index in [-0.39, 0.29) is 6.04 Å². The van der Waals surface area contributed by atoms with Crippen LogP contribution in [0.25, 0.3) is 22.3 Å². The van der Waals surface area contributed by atoms with Gasteiger partial charge in [0.05, 0.1) is 35.1 Å². The van der Waals surface area contributed by atoms with Gasteiger partial charge in [0.25, 0.3) is 0 Å². The Balaban J connectivity index is 2.26. The third-order valence-corrected chi connectivity index (χ3v) is 6.01. The number of hydrogen-bond acceptors (Lipinski definition) is 4. The molecular weight excluding hydrogens is 428 g/mol. The Morgan fingerprint density at radius 2 is 1.93 bits per heavy atom. The molecule has 0 aromatic carbocycles. The average Bonchev–Trinajstić information content (AvgIpc) is 3.02. The zero-order chi connectivity index (χ0) is 21.3. The number of pyridine rings is 2. The lowest BCUT2D eigenvalue weighted by molar-refractivity contribution is 0.164. The second-order valence-corrected chi connectivity index (χ2v) is 8.75. The van der Waals surface area contributed by atoms with Gasteiger partial charge in [-0.1, -0.05) is 20.8 Å². The van der Waals surface area contributed by atoms with Gasteiger partial charge in [-0.15, -0.1) is 0 Å². The van der Waals surface area contributed by atoms with Crippen LogP contribution in [0.1, 0.15) is 56.5 Å². The van der Waals surface area contributed by atoms with Crippen molar-refractivity contribution < 1.29 is 4.74 Å². The summed E-state index contributed by atoms with van der Waals surface area (Å²) in [6.07, 6.45) is 3.08. The summed E-state index contributed by atoms with van der Waals surface area (Å²) in [5.74, 6) is 1.20. The molecule has 0 aliphatic heterocycles. The van der Waals surface area contributed by atoms with E-state index < -0.39 is 0 Å². The summed E-state index contributed by atoms with van der Waals surface area (Å²) in [4.78, 5) is 10.0. The van der Waals surface area contributed by atoms with Crippen molar-refractivity contribution in [3.63, 3.8) is 0 Å². The van der Waals surface area contributed by atoms with E-state index in [1.807, 2.05) is 7.05 Å². The number of fused-ring (bicyclic) bond motifs is 1. The van der Waals surface area contributed by atoms with Crippen molar-refractivity contribution in [2.24, 2.45) is 0 Å². The first kappa shape index (κ1) is 21.8. The summed E-state index contributed by atoms with van der Waals surface area (Å²) < 4.78 is 8.68. The molecular formula is C23H31BrN4O. The Kier molecular flexibility index (Phi) is 6.64. The van der Waals surface area contributed by atoms with Gasteiger partial charge in [0.15, 0.2) is 0 Å². The largest absolute Gasteiger partial charge is 0.383 e. The topological polar surface area (TPSA) is 52.0 Å². The molecule has 0 radical (unpaired) electrons. The van der Waals surface area contributed by atoms with Crippen LogP contribution in [0.4, 0.5) is 5.82 Å². The van der Waals surface area contributed by atoms with Crippen LogP contribution in [0.3, 0.4) is 0 Å². The van der Waals surface area contributed by atoms with E-state index in [1.54, 1.807) is 7.11 Å². The molecule has 0 amide bonds. The number of ether oxygens (including phenoxy) is 1. The molecule has 0 bridgehead atoms. The Morgan fingerprint density at radius 1 is 1.21 bits per heavy atom. The van der Waals surface area contributed by atoms with Crippen molar-refractivity contribution in [3.05, 3.63) is 39.6 Å². The maximum Gasteiger partial charge on any atom is 0.135 e. The van der Waals surface area contributed by atoms with Gasteiger partial charge in [0.2, 0.25) is 0 Å². The number of methoxy groups -OCH3 is 1. The second-order valence-electron chi connectivity index (χ2n) is 7.90. The van der Waals surface area contributed by atoms with E-state index in [9.17, 15) is 0 Å². The van der Waals surface area contributed by atoms with Gasteiger partial charge in [-0.25, -0.2) is 9.97 Å². The lowest BCUT2D eigenvalue weighted by Crippen LogP contribution is -2.10. The summed E-state index contributed by atoms with van der Waals surface area (Å²) in [6, 6.07) is 4.68. The van der Waals surface area contributed by atoms with Crippen LogP contribution in [-0.2, 0) is 11.2 Å². The van der Waals surface area contributed by atoms with Gasteiger partial charge in [-0.05, 0) is 65.4 Å². The molecule has 3 aromatic rings. The zero-order valence-electron chi connectivity index (χ0n) is 18.4. The molecule has 3 aromatic heterocycles. The number of rotatable bonds is 7. The van der Waals surface area contributed by atoms with E-state index >= 15 is 0 Å². The number of nitrogens with zero attached hydrogens (tertiary/aromatic N) is 3. The van der Waals surface area contributed by atoms with Gasteiger partial charge in [-0.3, -0.25) is 0 Å². The minimum atomic E-state index is 0.252. The fraction of sp³-hybridized carbons (Fsp3) is 0.478. The molecule has 1 N–H and O–H groups in total. The molecule has 0 saturated heterocycles. The minimum absolute atomic E-state index is 0.252. The first-order valence-electron chi connectivity index (χ1n) is 10.2. The standard InChI is InChI=1S/C23H31BrN4O/c1-8-16-9-19-21(14(4)11-28(19)15(5)12-29-7)26-22(16)17-10-18(24)20(13(2)3)27-23(17)25-6/h9-11,13,15H,8,12H2,1-7H3,(H,25,27). The molecule has 156 valence electrons. The van der Waals surface area contributed by atoms with Gasteiger partial charge < -0.3 is 14.6 Å². The highest BCUT2D eigenvalue weighted by atomic mass is 79.9. The van der Waals surface area contributed by atoms with Crippen molar-refractivity contribution in [2.45, 2.75) is 53.0 Å². The van der Waals surface area contributed by atoms with E-state index in [1.165, 1.54) is 11.1 Å². The van der Waals surface area contributed by atoms with E-state index in [2.05, 4.69) is 78.8 Å². The first-order valence-corrected chi connectivity index (χ1v) is 11.0. The highest BCUT2D eigenvalue weighted by Crippen LogP contribution is 2.36. The number of halogens is 1. The molecule has 1 atom stereocenters. The summed E-state index contributed by atoms with van der Waals surface area (Å²) in [6.45, 7) is 11.4. The zero-order valence-corrected chi connectivity index (χ0v) is 20.0. The van der Waals surface area contributed by atoms with Crippen LogP contribution < -0.4 is 5.32 Å². The fourth-order valence-electron chi connectivity index (χ4n) is 3.84. The van der Waals surface area contributed by atoms with Crippen molar-refractivity contribution >= 4 is 32.8 Å². The number of nitrogens with one attached hydrogen (secondary N) is 1. The van der Waals surface area contributed by atoms with Crippen molar-refractivity contribution in [1.29, 1.82) is 0 Å². The summed E-state index contributed by atoms with van der Waals surface area (Å²) >= 11 is 3.72. The molecule has 3 heterocycles. The molecule has 6 heteroatoms. The third-order valence-electron chi connectivity index (χ3n) is 5.37. The maximum atomic E-state index is 5.38. The van der Waals surface area contributed by atoms with Gasteiger partial charge in [0, 0.05) is 30.4 Å². The van der Waals surface area contributed by atoms with Crippen LogP contribution in [0.15, 0.2) is 22.8 Å². The quantitative estimate of drug-likeness (QED) is 0.464. The highest BCUT2D eigenvalue weighted by molar-refractivity contribution is 9.10. The van der Waals surface area contributed by atoms with Crippen LogP contribution in [0, 0.1) is 6.92 Å². The second kappa shape index (κ2) is 8.84. The smallest absolute Gasteiger partial charge is 0.135 e. The lowest BCUT2D eigenvalue weighted by atomic mass is 10.0. The average molecular weight is 459 g/mol. The van der Waals surface area contributed by atoms with Gasteiger partial charge in [0.1, 0.15) is 5.82 Å². The van der Waals surface area contributed by atoms with Crippen LogP contribution in [-0.4, -0.2) is 35.3 Å². The normalized spacial score (nSPS) is 12.7. The Morgan fingerprint density at radius 3 is 2.52 bits per heavy atom. The van der Waals surface area contributed by atoms with Crippen molar-refractivity contribution in [1.82, 2.24) is 14.5 Å². The molecule has 0 spiro atoms. The third kappa shape index (κ3) is 4.05. The Bertz CT molecular complexity index is 1030. The number of aromatic nitrogens is 3. The summed E-state index contributed by atoms with van der Waals surface area (Å²) in [5.41, 5.74) is 7.64. The summed E-state index contributed by atoms with van der Waals surface area (Å²) in [7, 11) is 3.66. The molecule has 0 saturated carbocycles. The predicted molar refractivity (Wildman–Crippen MR) is 125 cm³/mol.